The number of nitrogens with zero attached hydrogens (tertiary/aromatic N) is 1. The Bertz CT molecular complexity index is 549. The van der Waals surface area contributed by atoms with E-state index in [0.29, 0.717) is 0 Å². The van der Waals surface area contributed by atoms with Gasteiger partial charge < -0.3 is 10.5 Å². The third-order valence-electron chi connectivity index (χ3n) is 2.67. The van der Waals surface area contributed by atoms with Gasteiger partial charge in [0.15, 0.2) is 0 Å². The quantitative estimate of drug-likeness (QED) is 0.885. The van der Waals surface area contributed by atoms with E-state index >= 15 is 0 Å². The SMILES string of the molecule is COC(=O)C[C@H](N)c1ccc2cccnc2c1.Cl.Cl. The summed E-state index contributed by atoms with van der Waals surface area (Å²) in [5.74, 6) is -0.307. The highest BCUT2D eigenvalue weighted by Crippen LogP contribution is 2.19. The molecule has 0 radical (unpaired) electrons. The van der Waals surface area contributed by atoms with Crippen molar-refractivity contribution in [1.29, 1.82) is 0 Å². The van der Waals surface area contributed by atoms with Crippen LogP contribution in [0, 0.1) is 0 Å². The van der Waals surface area contributed by atoms with Gasteiger partial charge in [-0.1, -0.05) is 18.2 Å². The minimum atomic E-state index is -0.353. The van der Waals surface area contributed by atoms with Gasteiger partial charge in [-0.05, 0) is 17.7 Å². The molecule has 104 valence electrons. The van der Waals surface area contributed by atoms with E-state index in [1.807, 2.05) is 30.3 Å². The van der Waals surface area contributed by atoms with Gasteiger partial charge in [0.25, 0.3) is 0 Å². The minimum Gasteiger partial charge on any atom is -0.469 e. The minimum absolute atomic E-state index is 0. The number of fused-ring (bicyclic) bond motifs is 1. The van der Waals surface area contributed by atoms with Gasteiger partial charge in [-0.25, -0.2) is 0 Å². The van der Waals surface area contributed by atoms with Crippen LogP contribution in [-0.4, -0.2) is 18.1 Å². The fourth-order valence-corrected chi connectivity index (χ4v) is 1.69. The number of hydrogen-bond donors (Lipinski definition) is 1. The maximum atomic E-state index is 11.1. The van der Waals surface area contributed by atoms with E-state index in [0.717, 1.165) is 16.5 Å². The van der Waals surface area contributed by atoms with Crippen LogP contribution >= 0.6 is 24.8 Å². The summed E-state index contributed by atoms with van der Waals surface area (Å²) in [4.78, 5) is 15.4. The zero-order valence-electron chi connectivity index (χ0n) is 10.4. The average Bonchev–Trinajstić information content (AvgIpc) is 2.38. The van der Waals surface area contributed by atoms with E-state index in [4.69, 9.17) is 5.73 Å². The van der Waals surface area contributed by atoms with Crippen LogP contribution in [0.1, 0.15) is 18.0 Å². The Labute approximate surface area is 124 Å². The van der Waals surface area contributed by atoms with Crippen LogP contribution in [0.2, 0.25) is 0 Å². The largest absolute Gasteiger partial charge is 0.469 e. The Morgan fingerprint density at radius 2 is 2.11 bits per heavy atom. The standard InChI is InChI=1S/C13H14N2O2.2ClH/c1-17-13(16)8-11(14)10-5-4-9-3-2-6-15-12(9)7-10;;/h2-7,11H,8,14H2,1H3;2*1H/t11-;;/m0../s1. The van der Waals surface area contributed by atoms with Crippen molar-refractivity contribution in [3.05, 3.63) is 42.1 Å². The number of hydrogen-bond acceptors (Lipinski definition) is 4. The summed E-state index contributed by atoms with van der Waals surface area (Å²) in [6.45, 7) is 0. The van der Waals surface area contributed by atoms with Gasteiger partial charge in [0.1, 0.15) is 0 Å². The molecule has 0 saturated carbocycles. The van der Waals surface area contributed by atoms with Gasteiger partial charge in [0.05, 0.1) is 19.0 Å². The molecule has 1 heterocycles. The fourth-order valence-electron chi connectivity index (χ4n) is 1.69. The van der Waals surface area contributed by atoms with Gasteiger partial charge in [-0.15, -0.1) is 24.8 Å². The van der Waals surface area contributed by atoms with Crippen molar-refractivity contribution in [3.8, 4) is 0 Å². The van der Waals surface area contributed by atoms with Gasteiger partial charge in [0.2, 0.25) is 0 Å². The Hall–Kier alpha value is -1.36. The molecule has 0 unspecified atom stereocenters. The Kier molecular flexibility index (Phi) is 7.37. The molecule has 1 aromatic heterocycles. The smallest absolute Gasteiger partial charge is 0.307 e. The van der Waals surface area contributed by atoms with Crippen LogP contribution in [0.3, 0.4) is 0 Å². The number of ether oxygens (including phenoxy) is 1. The lowest BCUT2D eigenvalue weighted by Gasteiger charge is -2.11. The summed E-state index contributed by atoms with van der Waals surface area (Å²) in [6, 6.07) is 9.29. The van der Waals surface area contributed by atoms with Crippen LogP contribution in [0.5, 0.6) is 0 Å². The van der Waals surface area contributed by atoms with Crippen molar-refractivity contribution in [3.63, 3.8) is 0 Å². The molecule has 19 heavy (non-hydrogen) atoms. The van der Waals surface area contributed by atoms with Crippen molar-refractivity contribution >= 4 is 41.7 Å². The number of esters is 1. The lowest BCUT2D eigenvalue weighted by atomic mass is 10.0. The van der Waals surface area contributed by atoms with Crippen LogP contribution in [-0.2, 0) is 9.53 Å². The number of nitrogens with two attached hydrogens (primary N) is 1. The zero-order chi connectivity index (χ0) is 12.3. The molecule has 0 aliphatic carbocycles. The normalized spacial score (nSPS) is 11.1. The van der Waals surface area contributed by atoms with Gasteiger partial charge in [-0.2, -0.15) is 0 Å². The molecular weight excluding hydrogens is 287 g/mol. The van der Waals surface area contributed by atoms with Gasteiger partial charge in [0, 0.05) is 17.6 Å². The second-order valence-electron chi connectivity index (χ2n) is 3.84. The molecule has 2 N–H and O–H groups in total. The van der Waals surface area contributed by atoms with Crippen LogP contribution in [0.25, 0.3) is 10.9 Å². The third-order valence-corrected chi connectivity index (χ3v) is 2.67. The number of carbonyl (C=O) groups is 1. The van der Waals surface area contributed by atoms with E-state index in [-0.39, 0.29) is 43.2 Å². The maximum absolute atomic E-state index is 11.1. The highest BCUT2D eigenvalue weighted by atomic mass is 35.5. The van der Waals surface area contributed by atoms with E-state index in [1.54, 1.807) is 6.20 Å². The molecule has 0 aliphatic heterocycles. The molecule has 0 aliphatic rings. The number of rotatable bonds is 3. The Balaban J connectivity index is 0.00000162. The summed E-state index contributed by atoms with van der Waals surface area (Å²) in [6.07, 6.45) is 1.91. The maximum Gasteiger partial charge on any atom is 0.307 e. The second-order valence-corrected chi connectivity index (χ2v) is 3.84. The topological polar surface area (TPSA) is 65.2 Å². The first kappa shape index (κ1) is 17.6. The molecule has 0 fully saturated rings. The van der Waals surface area contributed by atoms with Crippen LogP contribution in [0.15, 0.2) is 36.5 Å². The van der Waals surface area contributed by atoms with Crippen molar-refractivity contribution < 1.29 is 9.53 Å². The molecular formula is C13H16Cl2N2O2. The van der Waals surface area contributed by atoms with Crippen LogP contribution < -0.4 is 5.73 Å². The lowest BCUT2D eigenvalue weighted by molar-refractivity contribution is -0.141. The van der Waals surface area contributed by atoms with Crippen molar-refractivity contribution in [2.24, 2.45) is 5.73 Å². The van der Waals surface area contributed by atoms with E-state index in [9.17, 15) is 4.79 Å². The molecule has 0 amide bonds. The lowest BCUT2D eigenvalue weighted by Crippen LogP contribution is -2.16. The van der Waals surface area contributed by atoms with Crippen LogP contribution in [0.4, 0.5) is 0 Å². The number of benzene rings is 1. The van der Waals surface area contributed by atoms with E-state index < -0.39 is 0 Å². The van der Waals surface area contributed by atoms with Crippen molar-refractivity contribution in [1.82, 2.24) is 4.98 Å². The number of aromatic nitrogens is 1. The monoisotopic (exact) mass is 302 g/mol. The summed E-state index contributed by atoms with van der Waals surface area (Å²) < 4.78 is 4.60. The first-order chi connectivity index (χ1) is 8.20. The molecule has 1 aromatic carbocycles. The van der Waals surface area contributed by atoms with E-state index in [1.165, 1.54) is 7.11 Å². The summed E-state index contributed by atoms with van der Waals surface area (Å²) >= 11 is 0. The zero-order valence-corrected chi connectivity index (χ0v) is 12.0. The van der Waals surface area contributed by atoms with Crippen molar-refractivity contribution in [2.75, 3.05) is 7.11 Å². The summed E-state index contributed by atoms with van der Waals surface area (Å²) in [5, 5.41) is 1.06. The number of methoxy groups -OCH3 is 1. The Morgan fingerprint density at radius 1 is 1.37 bits per heavy atom. The predicted molar refractivity (Wildman–Crippen MR) is 79.8 cm³/mol. The predicted octanol–water partition coefficient (Wildman–Crippen LogP) is 2.64. The molecule has 4 nitrogen and oxygen atoms in total. The first-order valence-corrected chi connectivity index (χ1v) is 5.38. The molecule has 0 bridgehead atoms. The van der Waals surface area contributed by atoms with Gasteiger partial charge in [-0.3, -0.25) is 9.78 Å². The van der Waals surface area contributed by atoms with Crippen molar-refractivity contribution in [2.45, 2.75) is 12.5 Å². The summed E-state index contributed by atoms with van der Waals surface area (Å²) in [7, 11) is 1.36. The molecule has 6 heteroatoms. The molecule has 2 rings (SSSR count). The second kappa shape index (κ2) is 7.94. The fraction of sp³-hybridized carbons (Fsp3) is 0.231. The number of halogens is 2. The molecule has 2 aromatic rings. The summed E-state index contributed by atoms with van der Waals surface area (Å²) in [5.41, 5.74) is 7.70. The van der Waals surface area contributed by atoms with Gasteiger partial charge >= 0.3 is 5.97 Å². The molecule has 0 spiro atoms. The number of pyridine rings is 1. The highest BCUT2D eigenvalue weighted by molar-refractivity contribution is 5.85. The molecule has 0 saturated heterocycles. The Morgan fingerprint density at radius 3 is 2.79 bits per heavy atom. The third kappa shape index (κ3) is 4.35. The number of carbonyl (C=O) groups excluding carboxylic acids is 1. The average molecular weight is 303 g/mol. The molecule has 1 atom stereocenters. The highest BCUT2D eigenvalue weighted by Gasteiger charge is 2.12. The van der Waals surface area contributed by atoms with E-state index in [2.05, 4.69) is 9.72 Å². The first-order valence-electron chi connectivity index (χ1n) is 5.38.